The fourth-order valence-electron chi connectivity index (χ4n) is 2.14. The number of hydrogen-bond acceptors (Lipinski definition) is 3. The smallest absolute Gasteiger partial charge is 0.141 e. The van der Waals surface area contributed by atoms with Gasteiger partial charge >= 0.3 is 0 Å². The highest BCUT2D eigenvalue weighted by Crippen LogP contribution is 2.30. The van der Waals surface area contributed by atoms with Crippen LogP contribution in [-0.2, 0) is 0 Å². The van der Waals surface area contributed by atoms with Crippen molar-refractivity contribution < 1.29 is 0 Å². The fraction of sp³-hybridized carbons (Fsp3) is 0.0588. The van der Waals surface area contributed by atoms with Crippen molar-refractivity contribution in [3.63, 3.8) is 0 Å². The maximum atomic E-state index is 6.29. The van der Waals surface area contributed by atoms with Crippen LogP contribution in [0.1, 0.15) is 11.1 Å². The first-order valence-corrected chi connectivity index (χ1v) is 6.80. The zero-order valence-corrected chi connectivity index (χ0v) is 12.1. The molecule has 1 heterocycles. The summed E-state index contributed by atoms with van der Waals surface area (Å²) in [6, 6.07) is 11.6. The van der Waals surface area contributed by atoms with Gasteiger partial charge in [0.2, 0.25) is 0 Å². The molecule has 102 valence electrons. The van der Waals surface area contributed by atoms with Gasteiger partial charge < -0.3 is 5.32 Å². The van der Waals surface area contributed by atoms with Crippen molar-refractivity contribution in [2.45, 2.75) is 6.92 Å². The van der Waals surface area contributed by atoms with Crippen molar-refractivity contribution in [3.05, 3.63) is 58.9 Å². The molecule has 0 aliphatic heterocycles. The lowest BCUT2D eigenvalue weighted by atomic mass is 10.1. The molecule has 0 radical (unpaired) electrons. The Hall–Kier alpha value is -2.57. The first-order chi connectivity index (χ1) is 10.2. The summed E-state index contributed by atoms with van der Waals surface area (Å²) in [5.41, 5.74) is 3.40. The van der Waals surface area contributed by atoms with Crippen LogP contribution in [0.15, 0.2) is 42.7 Å². The summed E-state index contributed by atoms with van der Waals surface area (Å²) in [6.45, 7) is 2.03. The van der Waals surface area contributed by atoms with Gasteiger partial charge in [-0.1, -0.05) is 35.2 Å². The molecule has 0 saturated carbocycles. The van der Waals surface area contributed by atoms with Gasteiger partial charge in [0.05, 0.1) is 16.2 Å². The van der Waals surface area contributed by atoms with E-state index in [1.54, 1.807) is 6.07 Å². The van der Waals surface area contributed by atoms with Gasteiger partial charge in [0, 0.05) is 10.9 Å². The van der Waals surface area contributed by atoms with Crippen LogP contribution in [0.2, 0.25) is 5.02 Å². The average Bonchev–Trinajstić information content (AvgIpc) is 2.50. The number of nitrogens with zero attached hydrogens (tertiary/aromatic N) is 2. The van der Waals surface area contributed by atoms with Crippen molar-refractivity contribution in [2.24, 2.45) is 0 Å². The molecule has 0 aliphatic rings. The highest BCUT2D eigenvalue weighted by atomic mass is 35.5. The van der Waals surface area contributed by atoms with Crippen LogP contribution in [0.4, 0.5) is 11.5 Å². The monoisotopic (exact) mass is 293 g/mol. The number of rotatable bonds is 2. The molecule has 0 bridgehead atoms. The summed E-state index contributed by atoms with van der Waals surface area (Å²) in [6.07, 6.45) is 6.96. The van der Waals surface area contributed by atoms with E-state index in [1.807, 2.05) is 37.3 Å². The van der Waals surface area contributed by atoms with Gasteiger partial charge in [-0.3, -0.25) is 0 Å². The number of benzene rings is 2. The maximum Gasteiger partial charge on any atom is 0.141 e. The standard InChI is InChI=1S/C17H12ClN3/c1-3-12-5-4-6-15(16(12)18)21-17-13-9-11(2)7-8-14(13)19-10-20-17/h1,4-10H,2H3,(H,19,20,21). The molecule has 1 N–H and O–H groups in total. The maximum absolute atomic E-state index is 6.29. The molecule has 3 rings (SSSR count). The number of anilines is 2. The Morgan fingerprint density at radius 2 is 2.05 bits per heavy atom. The molecule has 4 heteroatoms. The van der Waals surface area contributed by atoms with Crippen molar-refractivity contribution in [1.29, 1.82) is 0 Å². The molecule has 0 saturated heterocycles. The van der Waals surface area contributed by atoms with E-state index in [4.69, 9.17) is 18.0 Å². The zero-order valence-electron chi connectivity index (χ0n) is 11.4. The number of terminal acetylenes is 1. The SMILES string of the molecule is C#Cc1cccc(Nc2ncnc3ccc(C)cc23)c1Cl. The van der Waals surface area contributed by atoms with Crippen LogP contribution in [0.25, 0.3) is 10.9 Å². The quantitative estimate of drug-likeness (QED) is 0.715. The Morgan fingerprint density at radius 3 is 2.86 bits per heavy atom. The van der Waals surface area contributed by atoms with E-state index in [1.165, 1.54) is 6.33 Å². The summed E-state index contributed by atoms with van der Waals surface area (Å²) >= 11 is 6.29. The number of halogens is 1. The number of nitrogens with one attached hydrogen (secondary N) is 1. The van der Waals surface area contributed by atoms with E-state index in [9.17, 15) is 0 Å². The number of aryl methyl sites for hydroxylation is 1. The van der Waals surface area contributed by atoms with Gasteiger partial charge in [0.1, 0.15) is 12.1 Å². The van der Waals surface area contributed by atoms with Crippen LogP contribution >= 0.6 is 11.6 Å². The van der Waals surface area contributed by atoms with Gasteiger partial charge in [-0.2, -0.15) is 0 Å². The lowest BCUT2D eigenvalue weighted by molar-refractivity contribution is 1.21. The van der Waals surface area contributed by atoms with E-state index in [0.29, 0.717) is 16.4 Å². The fourth-order valence-corrected chi connectivity index (χ4v) is 2.37. The third kappa shape index (κ3) is 2.54. The van der Waals surface area contributed by atoms with Crippen LogP contribution < -0.4 is 5.32 Å². The Kier molecular flexibility index (Phi) is 3.47. The highest BCUT2D eigenvalue weighted by molar-refractivity contribution is 6.34. The predicted octanol–water partition coefficient (Wildman–Crippen LogP) is 4.32. The Labute approximate surface area is 128 Å². The van der Waals surface area contributed by atoms with E-state index >= 15 is 0 Å². The molecule has 0 aliphatic carbocycles. The second-order valence-corrected chi connectivity index (χ2v) is 5.06. The normalized spacial score (nSPS) is 10.3. The Morgan fingerprint density at radius 1 is 1.19 bits per heavy atom. The van der Waals surface area contributed by atoms with Crippen LogP contribution in [0, 0.1) is 19.3 Å². The molecule has 1 aromatic heterocycles. The highest BCUT2D eigenvalue weighted by Gasteiger charge is 2.08. The minimum Gasteiger partial charge on any atom is -0.338 e. The molecule has 2 aromatic carbocycles. The van der Waals surface area contributed by atoms with Crippen molar-refractivity contribution in [1.82, 2.24) is 9.97 Å². The van der Waals surface area contributed by atoms with Crippen LogP contribution in [0.5, 0.6) is 0 Å². The molecular weight excluding hydrogens is 282 g/mol. The van der Waals surface area contributed by atoms with E-state index in [-0.39, 0.29) is 0 Å². The minimum atomic E-state index is 0.513. The van der Waals surface area contributed by atoms with E-state index < -0.39 is 0 Å². The summed E-state index contributed by atoms with van der Waals surface area (Å²) in [7, 11) is 0. The second-order valence-electron chi connectivity index (χ2n) is 4.68. The molecule has 21 heavy (non-hydrogen) atoms. The summed E-state index contributed by atoms with van der Waals surface area (Å²) in [5, 5.41) is 4.70. The molecule has 0 atom stereocenters. The first-order valence-electron chi connectivity index (χ1n) is 6.42. The molecule has 3 nitrogen and oxygen atoms in total. The topological polar surface area (TPSA) is 37.8 Å². The van der Waals surface area contributed by atoms with Gasteiger partial charge in [0.15, 0.2) is 0 Å². The van der Waals surface area contributed by atoms with Crippen LogP contribution in [-0.4, -0.2) is 9.97 Å². The average molecular weight is 294 g/mol. The van der Waals surface area contributed by atoms with Crippen LogP contribution in [0.3, 0.4) is 0 Å². The molecule has 0 fully saturated rings. The summed E-state index contributed by atoms with van der Waals surface area (Å²) in [4.78, 5) is 8.57. The number of aromatic nitrogens is 2. The lowest BCUT2D eigenvalue weighted by Crippen LogP contribution is -1.97. The Balaban J connectivity index is 2.11. The Bertz CT molecular complexity index is 866. The molecule has 0 amide bonds. The van der Waals surface area contributed by atoms with Crippen molar-refractivity contribution >= 4 is 34.0 Å². The predicted molar refractivity (Wildman–Crippen MR) is 86.9 cm³/mol. The third-order valence-corrected chi connectivity index (χ3v) is 3.61. The zero-order chi connectivity index (χ0) is 14.8. The lowest BCUT2D eigenvalue weighted by Gasteiger charge is -2.11. The van der Waals surface area contributed by atoms with Gasteiger partial charge in [-0.25, -0.2) is 9.97 Å². The first kappa shape index (κ1) is 13.4. The van der Waals surface area contributed by atoms with Gasteiger partial charge in [-0.05, 0) is 31.2 Å². The number of fused-ring (bicyclic) bond motifs is 1. The van der Waals surface area contributed by atoms with Crippen molar-refractivity contribution in [2.75, 3.05) is 5.32 Å². The van der Waals surface area contributed by atoms with E-state index in [0.717, 1.165) is 22.2 Å². The third-order valence-electron chi connectivity index (χ3n) is 3.20. The summed E-state index contributed by atoms with van der Waals surface area (Å²) < 4.78 is 0. The summed E-state index contributed by atoms with van der Waals surface area (Å²) in [5.74, 6) is 3.27. The van der Waals surface area contributed by atoms with Gasteiger partial charge in [0.25, 0.3) is 0 Å². The van der Waals surface area contributed by atoms with Gasteiger partial charge in [-0.15, -0.1) is 6.42 Å². The van der Waals surface area contributed by atoms with Crippen molar-refractivity contribution in [3.8, 4) is 12.3 Å². The second kappa shape index (κ2) is 5.43. The minimum absolute atomic E-state index is 0.513. The largest absolute Gasteiger partial charge is 0.338 e. The molecular formula is C17H12ClN3. The molecule has 0 unspecified atom stereocenters. The number of hydrogen-bond donors (Lipinski definition) is 1. The molecule has 3 aromatic rings. The molecule has 0 spiro atoms. The van der Waals surface area contributed by atoms with E-state index in [2.05, 4.69) is 21.2 Å².